The number of hydrogen-bond acceptors (Lipinski definition) is 0. The van der Waals surface area contributed by atoms with Gasteiger partial charge in [0.1, 0.15) is 0 Å². The van der Waals surface area contributed by atoms with Gasteiger partial charge in [0, 0.05) is 56.3 Å². The van der Waals surface area contributed by atoms with E-state index >= 15 is 0 Å². The monoisotopic (exact) mass is 505 g/mol. The maximum Gasteiger partial charge on any atom is 0.0815 e. The molecular formula is C33H66N3+3. The lowest BCUT2D eigenvalue weighted by atomic mass is 9.73. The molecule has 210 valence electrons. The summed E-state index contributed by atoms with van der Waals surface area (Å²) in [6, 6.07) is 0. The maximum absolute atomic E-state index is 2.41. The molecule has 0 aromatic carbocycles. The van der Waals surface area contributed by atoms with Crippen molar-refractivity contribution >= 4 is 0 Å². The smallest absolute Gasteiger partial charge is 0.0815 e. The first-order valence-corrected chi connectivity index (χ1v) is 17.1. The van der Waals surface area contributed by atoms with Crippen molar-refractivity contribution in [3.63, 3.8) is 0 Å². The van der Waals surface area contributed by atoms with Gasteiger partial charge >= 0.3 is 0 Å². The maximum atomic E-state index is 2.41. The predicted molar refractivity (Wildman–Crippen MR) is 156 cm³/mol. The molecule has 1 saturated carbocycles. The molecule has 1 aliphatic carbocycles. The largest absolute Gasteiger partial charge is 0.323 e. The van der Waals surface area contributed by atoms with Crippen molar-refractivity contribution in [1.82, 2.24) is 0 Å². The standard InChI is InChI=1S/C33H66N3/c1-4-7-16-34(19-10-11-20-34)28-31-25-32(29-35(17-8-5-2)21-12-13-22-35)27-33(26-31)30-36(18-9-6-3)23-14-15-24-36/h31-33H,4-30H2,1-3H3/q+3. The van der Waals surface area contributed by atoms with Crippen LogP contribution in [0, 0.1) is 17.8 Å². The lowest BCUT2D eigenvalue weighted by Gasteiger charge is -2.46. The van der Waals surface area contributed by atoms with E-state index in [4.69, 9.17) is 0 Å². The molecule has 3 heterocycles. The molecule has 36 heavy (non-hydrogen) atoms. The summed E-state index contributed by atoms with van der Waals surface area (Å²) in [5.41, 5.74) is 0. The Labute approximate surface area is 226 Å². The Hall–Kier alpha value is -0.120. The molecular weight excluding hydrogens is 438 g/mol. The van der Waals surface area contributed by atoms with Gasteiger partial charge in [0.15, 0.2) is 0 Å². The number of hydrogen-bond donors (Lipinski definition) is 0. The van der Waals surface area contributed by atoms with Gasteiger partial charge in [-0.25, -0.2) is 0 Å². The molecule has 0 amide bonds. The number of quaternary nitrogens is 3. The molecule has 0 radical (unpaired) electrons. The van der Waals surface area contributed by atoms with Crippen molar-refractivity contribution in [2.45, 2.75) is 117 Å². The van der Waals surface area contributed by atoms with E-state index in [1.165, 1.54) is 169 Å². The van der Waals surface area contributed by atoms with E-state index in [-0.39, 0.29) is 0 Å². The highest BCUT2D eigenvalue weighted by Gasteiger charge is 2.44. The summed E-state index contributed by atoms with van der Waals surface area (Å²) < 4.78 is 4.51. The Bertz CT molecular complexity index is 521. The summed E-state index contributed by atoms with van der Waals surface area (Å²) in [4.78, 5) is 0. The molecule has 0 atom stereocenters. The third-order valence-corrected chi connectivity index (χ3v) is 11.4. The lowest BCUT2D eigenvalue weighted by Crippen LogP contribution is -2.54. The highest BCUT2D eigenvalue weighted by molar-refractivity contribution is 4.81. The summed E-state index contributed by atoms with van der Waals surface area (Å²) in [7, 11) is 0. The highest BCUT2D eigenvalue weighted by atomic mass is 15.4. The highest BCUT2D eigenvalue weighted by Crippen LogP contribution is 2.40. The van der Waals surface area contributed by atoms with Gasteiger partial charge in [0.05, 0.1) is 78.5 Å². The zero-order valence-corrected chi connectivity index (χ0v) is 25.2. The minimum absolute atomic E-state index is 1.01. The minimum atomic E-state index is 1.01. The summed E-state index contributed by atoms with van der Waals surface area (Å²) in [5.74, 6) is 3.02. The van der Waals surface area contributed by atoms with Crippen LogP contribution in [0.25, 0.3) is 0 Å². The predicted octanol–water partition coefficient (Wildman–Crippen LogP) is 7.25. The minimum Gasteiger partial charge on any atom is -0.323 e. The zero-order valence-electron chi connectivity index (χ0n) is 25.2. The van der Waals surface area contributed by atoms with E-state index in [0.717, 1.165) is 17.8 Å². The van der Waals surface area contributed by atoms with Crippen molar-refractivity contribution in [1.29, 1.82) is 0 Å². The lowest BCUT2D eigenvalue weighted by molar-refractivity contribution is -0.926. The topological polar surface area (TPSA) is 0 Å². The number of likely N-dealkylation sites (tertiary alicyclic amines) is 3. The summed E-state index contributed by atoms with van der Waals surface area (Å²) in [6.45, 7) is 25.3. The van der Waals surface area contributed by atoms with Crippen LogP contribution in [0.15, 0.2) is 0 Å². The fourth-order valence-electron chi connectivity index (χ4n) is 9.78. The van der Waals surface area contributed by atoms with Gasteiger partial charge in [-0.2, -0.15) is 0 Å². The van der Waals surface area contributed by atoms with Crippen LogP contribution in [0.1, 0.15) is 117 Å². The molecule has 0 aromatic heterocycles. The molecule has 0 spiro atoms. The first-order valence-electron chi connectivity index (χ1n) is 17.1. The van der Waals surface area contributed by atoms with Gasteiger partial charge < -0.3 is 13.4 Å². The quantitative estimate of drug-likeness (QED) is 0.206. The van der Waals surface area contributed by atoms with Crippen LogP contribution in [-0.2, 0) is 0 Å². The molecule has 0 aromatic rings. The average molecular weight is 505 g/mol. The summed E-state index contributed by atoms with van der Waals surface area (Å²) in [6.07, 6.45) is 22.2. The first-order chi connectivity index (χ1) is 17.5. The van der Waals surface area contributed by atoms with E-state index in [2.05, 4.69) is 20.8 Å². The number of unbranched alkanes of at least 4 members (excludes halogenated alkanes) is 3. The van der Waals surface area contributed by atoms with E-state index < -0.39 is 0 Å². The summed E-state index contributed by atoms with van der Waals surface area (Å²) in [5, 5.41) is 0. The van der Waals surface area contributed by atoms with Crippen LogP contribution in [0.5, 0.6) is 0 Å². The Balaban J connectivity index is 1.48. The van der Waals surface area contributed by atoms with E-state index in [0.29, 0.717) is 0 Å². The van der Waals surface area contributed by atoms with Crippen LogP contribution in [0.2, 0.25) is 0 Å². The Kier molecular flexibility index (Phi) is 11.1. The van der Waals surface area contributed by atoms with Crippen molar-refractivity contribution in [3.8, 4) is 0 Å². The fourth-order valence-corrected chi connectivity index (χ4v) is 9.78. The zero-order chi connectivity index (χ0) is 25.3. The second kappa shape index (κ2) is 13.8. The molecule has 0 unspecified atom stereocenters. The number of nitrogens with zero attached hydrogens (tertiary/aromatic N) is 3. The Morgan fingerprint density at radius 2 is 0.667 bits per heavy atom. The molecule has 4 aliphatic rings. The number of rotatable bonds is 15. The van der Waals surface area contributed by atoms with Crippen LogP contribution in [0.4, 0.5) is 0 Å². The van der Waals surface area contributed by atoms with Gasteiger partial charge in [-0.15, -0.1) is 0 Å². The van der Waals surface area contributed by atoms with Gasteiger partial charge in [-0.3, -0.25) is 0 Å². The molecule has 3 saturated heterocycles. The first kappa shape index (κ1) is 28.9. The second-order valence-corrected chi connectivity index (χ2v) is 14.6. The normalized spacial score (nSPS) is 31.2. The third kappa shape index (κ3) is 7.72. The van der Waals surface area contributed by atoms with Crippen LogP contribution < -0.4 is 0 Å². The summed E-state index contributed by atoms with van der Waals surface area (Å²) >= 11 is 0. The van der Waals surface area contributed by atoms with E-state index in [1.807, 2.05) is 0 Å². The molecule has 4 rings (SSSR count). The van der Waals surface area contributed by atoms with Gasteiger partial charge in [0.25, 0.3) is 0 Å². The van der Waals surface area contributed by atoms with Gasteiger partial charge in [0.2, 0.25) is 0 Å². The molecule has 3 nitrogen and oxygen atoms in total. The van der Waals surface area contributed by atoms with Crippen LogP contribution in [0.3, 0.4) is 0 Å². The van der Waals surface area contributed by atoms with Crippen LogP contribution >= 0.6 is 0 Å². The van der Waals surface area contributed by atoms with Crippen molar-refractivity contribution < 1.29 is 13.4 Å². The molecule has 0 bridgehead atoms. The van der Waals surface area contributed by atoms with Crippen molar-refractivity contribution in [3.05, 3.63) is 0 Å². The van der Waals surface area contributed by atoms with Crippen LogP contribution in [-0.4, -0.2) is 92.0 Å². The average Bonchev–Trinajstić information content (AvgIpc) is 3.63. The van der Waals surface area contributed by atoms with Gasteiger partial charge in [-0.1, -0.05) is 40.0 Å². The molecule has 0 N–H and O–H groups in total. The second-order valence-electron chi connectivity index (χ2n) is 14.6. The van der Waals surface area contributed by atoms with Gasteiger partial charge in [-0.05, 0) is 38.5 Å². The Morgan fingerprint density at radius 1 is 0.417 bits per heavy atom. The molecule has 3 aliphatic heterocycles. The fraction of sp³-hybridized carbons (Fsp3) is 1.00. The molecule has 3 heteroatoms. The van der Waals surface area contributed by atoms with E-state index in [1.54, 1.807) is 19.3 Å². The Morgan fingerprint density at radius 3 is 0.889 bits per heavy atom. The van der Waals surface area contributed by atoms with E-state index in [9.17, 15) is 0 Å². The van der Waals surface area contributed by atoms with Crippen molar-refractivity contribution in [2.75, 3.05) is 78.5 Å². The third-order valence-electron chi connectivity index (χ3n) is 11.4. The molecule has 4 fully saturated rings. The van der Waals surface area contributed by atoms with Crippen molar-refractivity contribution in [2.24, 2.45) is 17.8 Å². The SMILES string of the molecule is CCCC[N+]1(CC2CC(C[N+]3(CCCC)CCCC3)CC(C[N+]3(CCCC)CCCC3)C2)CCCC1.